The van der Waals surface area contributed by atoms with Gasteiger partial charge in [0.2, 0.25) is 0 Å². The highest BCUT2D eigenvalue weighted by Gasteiger charge is 2.40. The van der Waals surface area contributed by atoms with E-state index in [1.54, 1.807) is 0 Å². The third-order valence-electron chi connectivity index (χ3n) is 4.42. The fourth-order valence-corrected chi connectivity index (χ4v) is 3.12. The van der Waals surface area contributed by atoms with Crippen molar-refractivity contribution in [2.24, 2.45) is 11.3 Å². The zero-order valence-electron chi connectivity index (χ0n) is 11.7. The van der Waals surface area contributed by atoms with Crippen LogP contribution in [0.3, 0.4) is 0 Å². The van der Waals surface area contributed by atoms with Crippen LogP contribution in [0.25, 0.3) is 0 Å². The molecule has 1 saturated carbocycles. The summed E-state index contributed by atoms with van der Waals surface area (Å²) in [5.74, 6) is 0.607. The third-order valence-corrected chi connectivity index (χ3v) is 4.42. The minimum absolute atomic E-state index is 0.134. The molecule has 0 bridgehead atoms. The maximum absolute atomic E-state index is 8.34. The molecule has 1 atom stereocenters. The molecule has 0 amide bonds. The first-order valence-electron chi connectivity index (χ1n) is 7.08. The maximum Gasteiger partial charge on any atom is 0.0470 e. The molecule has 2 nitrogen and oxygen atoms in total. The van der Waals surface area contributed by atoms with Crippen molar-refractivity contribution >= 4 is 5.71 Å². The topological polar surface area (TPSA) is 35.9 Å². The molecule has 17 heavy (non-hydrogen) atoms. The van der Waals surface area contributed by atoms with Crippen molar-refractivity contribution in [2.75, 3.05) is 6.54 Å². The largest absolute Gasteiger partial charge is 0.388 e. The second-order valence-corrected chi connectivity index (χ2v) is 5.38. The van der Waals surface area contributed by atoms with E-state index in [4.69, 9.17) is 5.41 Å². The highest BCUT2D eigenvalue weighted by molar-refractivity contribution is 5.89. The summed E-state index contributed by atoms with van der Waals surface area (Å²) in [6, 6.07) is 0. The molecule has 2 N–H and O–H groups in total. The average Bonchev–Trinajstić information content (AvgIpc) is 2.38. The zero-order chi connectivity index (χ0) is 12.9. The van der Waals surface area contributed by atoms with E-state index in [0.29, 0.717) is 5.92 Å². The van der Waals surface area contributed by atoms with Crippen LogP contribution >= 0.6 is 0 Å². The van der Waals surface area contributed by atoms with Gasteiger partial charge in [0.15, 0.2) is 0 Å². The van der Waals surface area contributed by atoms with Crippen molar-refractivity contribution in [3.63, 3.8) is 0 Å². The molecule has 98 valence electrons. The van der Waals surface area contributed by atoms with Crippen LogP contribution in [0.1, 0.15) is 59.3 Å². The van der Waals surface area contributed by atoms with Crippen molar-refractivity contribution in [3.05, 3.63) is 12.3 Å². The van der Waals surface area contributed by atoms with Gasteiger partial charge in [-0.2, -0.15) is 0 Å². The summed E-state index contributed by atoms with van der Waals surface area (Å²) in [7, 11) is 0. The van der Waals surface area contributed by atoms with Gasteiger partial charge in [-0.05, 0) is 39.0 Å². The highest BCUT2D eigenvalue weighted by atomic mass is 14.9. The number of nitrogens with one attached hydrogen (secondary N) is 2. The lowest BCUT2D eigenvalue weighted by molar-refractivity contribution is 0.233. The molecule has 1 fully saturated rings. The predicted octanol–water partition coefficient (Wildman–Crippen LogP) is 4.13. The van der Waals surface area contributed by atoms with E-state index in [1.165, 1.54) is 32.1 Å². The molecule has 0 aromatic heterocycles. The van der Waals surface area contributed by atoms with Gasteiger partial charge in [-0.1, -0.05) is 32.8 Å². The van der Waals surface area contributed by atoms with Gasteiger partial charge in [-0.25, -0.2) is 0 Å². The Morgan fingerprint density at radius 2 is 1.88 bits per heavy atom. The van der Waals surface area contributed by atoms with E-state index in [-0.39, 0.29) is 5.41 Å². The van der Waals surface area contributed by atoms with Crippen LogP contribution in [0, 0.1) is 16.7 Å². The van der Waals surface area contributed by atoms with Gasteiger partial charge >= 0.3 is 0 Å². The summed E-state index contributed by atoms with van der Waals surface area (Å²) >= 11 is 0. The quantitative estimate of drug-likeness (QED) is 0.668. The molecule has 1 unspecified atom stereocenters. The Kier molecular flexibility index (Phi) is 5.23. The van der Waals surface area contributed by atoms with Crippen molar-refractivity contribution in [3.8, 4) is 0 Å². The SMILES string of the molecule is C=C(NCC)C(C)(C(=N)CC)C1CCCCC1. The Hall–Kier alpha value is -0.790. The zero-order valence-corrected chi connectivity index (χ0v) is 11.7. The number of hydrogen-bond donors (Lipinski definition) is 2. The molecule has 1 rings (SSSR count). The summed E-state index contributed by atoms with van der Waals surface area (Å²) in [5, 5.41) is 11.7. The fraction of sp³-hybridized carbons (Fsp3) is 0.800. The lowest BCUT2D eigenvalue weighted by Gasteiger charge is -2.42. The Morgan fingerprint density at radius 3 is 2.35 bits per heavy atom. The summed E-state index contributed by atoms with van der Waals surface area (Å²) in [6.07, 6.45) is 7.33. The molecule has 0 aromatic rings. The second-order valence-electron chi connectivity index (χ2n) is 5.38. The fourth-order valence-electron chi connectivity index (χ4n) is 3.12. The summed E-state index contributed by atoms with van der Waals surface area (Å²) < 4.78 is 0. The number of hydrogen-bond acceptors (Lipinski definition) is 2. The second kappa shape index (κ2) is 6.23. The average molecular weight is 236 g/mol. The molecule has 0 aliphatic heterocycles. The minimum atomic E-state index is -0.134. The van der Waals surface area contributed by atoms with Crippen LogP contribution in [0.2, 0.25) is 0 Å². The highest BCUT2D eigenvalue weighted by Crippen LogP contribution is 2.43. The normalized spacial score (nSPS) is 20.6. The Labute approximate surface area is 106 Å². The van der Waals surface area contributed by atoms with Crippen LogP contribution < -0.4 is 5.32 Å². The first-order valence-corrected chi connectivity index (χ1v) is 7.08. The van der Waals surface area contributed by atoms with Gasteiger partial charge < -0.3 is 10.7 Å². The molecule has 2 heteroatoms. The molecule has 1 aliphatic rings. The molecular formula is C15H28N2. The van der Waals surface area contributed by atoms with Gasteiger partial charge in [0, 0.05) is 23.4 Å². The van der Waals surface area contributed by atoms with Crippen molar-refractivity contribution in [2.45, 2.75) is 59.3 Å². The molecule has 0 saturated heterocycles. The van der Waals surface area contributed by atoms with Crippen LogP contribution in [0.15, 0.2) is 12.3 Å². The number of allylic oxidation sites excluding steroid dienone is 1. The number of rotatable bonds is 6. The van der Waals surface area contributed by atoms with Crippen LogP contribution in [0.5, 0.6) is 0 Å². The molecule has 0 heterocycles. The molecule has 0 aromatic carbocycles. The van der Waals surface area contributed by atoms with E-state index >= 15 is 0 Å². The third kappa shape index (κ3) is 2.91. The first kappa shape index (κ1) is 14.3. The molecule has 0 spiro atoms. The summed E-state index contributed by atoms with van der Waals surface area (Å²) in [4.78, 5) is 0. The Morgan fingerprint density at radius 1 is 1.29 bits per heavy atom. The van der Waals surface area contributed by atoms with Crippen molar-refractivity contribution in [1.82, 2.24) is 5.32 Å². The maximum atomic E-state index is 8.34. The molecule has 1 aliphatic carbocycles. The lowest BCUT2D eigenvalue weighted by atomic mass is 9.65. The lowest BCUT2D eigenvalue weighted by Crippen LogP contribution is -2.42. The van der Waals surface area contributed by atoms with Gasteiger partial charge in [0.05, 0.1) is 0 Å². The summed E-state index contributed by atoms with van der Waals surface area (Å²) in [6.45, 7) is 11.5. The van der Waals surface area contributed by atoms with Crippen LogP contribution in [-0.4, -0.2) is 12.3 Å². The monoisotopic (exact) mass is 236 g/mol. The first-order chi connectivity index (χ1) is 8.07. The minimum Gasteiger partial charge on any atom is -0.388 e. The molecule has 0 radical (unpaired) electrons. The van der Waals surface area contributed by atoms with Crippen molar-refractivity contribution in [1.29, 1.82) is 5.41 Å². The predicted molar refractivity (Wildman–Crippen MR) is 75.5 cm³/mol. The van der Waals surface area contributed by atoms with Gasteiger partial charge in [0.1, 0.15) is 0 Å². The Bertz CT molecular complexity index is 277. The van der Waals surface area contributed by atoms with Crippen molar-refractivity contribution < 1.29 is 0 Å². The van der Waals surface area contributed by atoms with E-state index < -0.39 is 0 Å². The smallest absolute Gasteiger partial charge is 0.0470 e. The van der Waals surface area contributed by atoms with Crippen LogP contribution in [-0.2, 0) is 0 Å². The van der Waals surface area contributed by atoms with E-state index in [1.807, 2.05) is 0 Å². The van der Waals surface area contributed by atoms with Gasteiger partial charge in [0.25, 0.3) is 0 Å². The van der Waals surface area contributed by atoms with E-state index in [9.17, 15) is 0 Å². The Balaban J connectivity index is 2.91. The van der Waals surface area contributed by atoms with Gasteiger partial charge in [-0.3, -0.25) is 0 Å². The van der Waals surface area contributed by atoms with E-state index in [0.717, 1.165) is 24.4 Å². The van der Waals surface area contributed by atoms with Gasteiger partial charge in [-0.15, -0.1) is 0 Å². The van der Waals surface area contributed by atoms with E-state index in [2.05, 4.69) is 32.7 Å². The van der Waals surface area contributed by atoms with Crippen LogP contribution in [0.4, 0.5) is 0 Å². The standard InChI is InChI=1S/C15H28N2/c1-5-14(16)15(4,12(3)17-6-2)13-10-8-7-9-11-13/h13,16-17H,3,5-11H2,1-2,4H3. The summed E-state index contributed by atoms with van der Waals surface area (Å²) in [5.41, 5.74) is 1.76. The molecular weight excluding hydrogens is 208 g/mol.